The minimum Gasteiger partial charge on any atom is -0.481 e. The predicted molar refractivity (Wildman–Crippen MR) is 118 cm³/mol. The maximum atomic E-state index is 13.8. The van der Waals surface area contributed by atoms with E-state index in [2.05, 4.69) is 0 Å². The smallest absolute Gasteiger partial charge is 0.336 e. The Morgan fingerprint density at radius 2 is 1.50 bits per heavy atom. The Bertz CT molecular complexity index is 1320. The van der Waals surface area contributed by atoms with E-state index in [1.54, 1.807) is 64.1 Å². The van der Waals surface area contributed by atoms with Gasteiger partial charge in [0.1, 0.15) is 17.4 Å². The summed E-state index contributed by atoms with van der Waals surface area (Å²) in [4.78, 5) is 38.0. The van der Waals surface area contributed by atoms with Gasteiger partial charge in [0.2, 0.25) is 0 Å². The summed E-state index contributed by atoms with van der Waals surface area (Å²) < 4.78 is 6.16. The largest absolute Gasteiger partial charge is 0.481 e. The first kappa shape index (κ1) is 21.3. The summed E-state index contributed by atoms with van der Waals surface area (Å²) in [5.74, 6) is -3.13. The Morgan fingerprint density at radius 3 is 2.16 bits per heavy atom. The Morgan fingerprint density at radius 1 is 0.812 bits per heavy atom. The second kappa shape index (κ2) is 7.64. The summed E-state index contributed by atoms with van der Waals surface area (Å²) in [5.41, 5.74) is 3.83. The van der Waals surface area contributed by atoms with Crippen molar-refractivity contribution in [1.29, 1.82) is 0 Å². The number of ether oxygens (including phenoxy) is 1. The van der Waals surface area contributed by atoms with E-state index in [0.717, 1.165) is 11.1 Å². The monoisotopic (exact) mass is 430 g/mol. The molecule has 0 fully saturated rings. The number of carboxylic acid groups (broad SMARTS) is 2. The molecule has 2 N–H and O–H groups in total. The van der Waals surface area contributed by atoms with E-state index < -0.39 is 23.6 Å². The molecule has 6 heteroatoms. The molecule has 2 bridgehead atoms. The maximum absolute atomic E-state index is 13.8. The van der Waals surface area contributed by atoms with Gasteiger partial charge in [-0.2, -0.15) is 0 Å². The number of carboxylic acids is 2. The molecule has 32 heavy (non-hydrogen) atoms. The molecule has 162 valence electrons. The van der Waals surface area contributed by atoms with Crippen LogP contribution in [-0.4, -0.2) is 27.9 Å². The normalized spacial score (nSPS) is 14.2. The van der Waals surface area contributed by atoms with Crippen molar-refractivity contribution in [1.82, 2.24) is 0 Å². The molecule has 3 aromatic carbocycles. The van der Waals surface area contributed by atoms with Crippen molar-refractivity contribution in [2.45, 2.75) is 33.6 Å². The summed E-state index contributed by atoms with van der Waals surface area (Å²) in [7, 11) is 0. The standard InChI is InChI=1S/C26H22O6/c1-12-9-10-17(25(28)29)21(13(12)2)23(27)19-11-18-14(3)15(4)24(19)32-20-8-6-5-7-16(20)22(18)26(30)31/h5-11,22H,1-4H3,(H,28,29)(H,30,31). The average Bonchev–Trinajstić information content (AvgIpc) is 2.73. The number of hydrogen-bond acceptors (Lipinski definition) is 4. The fourth-order valence-electron chi connectivity index (χ4n) is 4.29. The summed E-state index contributed by atoms with van der Waals surface area (Å²) >= 11 is 0. The number of rotatable bonds is 4. The fourth-order valence-corrected chi connectivity index (χ4v) is 4.29. The number of ketones is 1. The van der Waals surface area contributed by atoms with Gasteiger partial charge in [0.15, 0.2) is 5.78 Å². The highest BCUT2D eigenvalue weighted by molar-refractivity contribution is 6.17. The molecule has 1 unspecified atom stereocenters. The van der Waals surface area contributed by atoms with E-state index in [4.69, 9.17) is 4.74 Å². The molecule has 0 radical (unpaired) electrons. The molecule has 5 rings (SSSR count). The zero-order chi connectivity index (χ0) is 23.3. The highest BCUT2D eigenvalue weighted by Gasteiger charge is 2.34. The van der Waals surface area contributed by atoms with E-state index in [-0.39, 0.29) is 16.7 Å². The van der Waals surface area contributed by atoms with Gasteiger partial charge in [-0.05, 0) is 73.7 Å². The van der Waals surface area contributed by atoms with Gasteiger partial charge in [0.05, 0.1) is 11.1 Å². The molecule has 0 saturated heterocycles. The first-order chi connectivity index (χ1) is 15.1. The number of para-hydroxylation sites is 1. The molecule has 0 saturated carbocycles. The van der Waals surface area contributed by atoms with Crippen LogP contribution in [-0.2, 0) is 4.79 Å². The zero-order valence-corrected chi connectivity index (χ0v) is 18.1. The second-order valence-corrected chi connectivity index (χ2v) is 8.07. The Kier molecular flexibility index (Phi) is 5.09. The van der Waals surface area contributed by atoms with Crippen molar-refractivity contribution in [3.63, 3.8) is 0 Å². The van der Waals surface area contributed by atoms with Gasteiger partial charge in [-0.1, -0.05) is 24.3 Å². The number of benzene rings is 3. The molecule has 0 aromatic heterocycles. The number of carbonyl (C=O) groups excluding carboxylic acids is 1. The molecule has 2 heterocycles. The molecule has 2 aliphatic rings. The minimum absolute atomic E-state index is 0.0808. The van der Waals surface area contributed by atoms with Gasteiger partial charge >= 0.3 is 11.9 Å². The van der Waals surface area contributed by atoms with Crippen LogP contribution in [0, 0.1) is 27.7 Å². The van der Waals surface area contributed by atoms with Crippen LogP contribution in [0.2, 0.25) is 0 Å². The van der Waals surface area contributed by atoms with Crippen LogP contribution in [0.4, 0.5) is 0 Å². The second-order valence-electron chi connectivity index (χ2n) is 8.07. The summed E-state index contributed by atoms with van der Waals surface area (Å²) in [6.07, 6.45) is 0. The van der Waals surface area contributed by atoms with Crippen molar-refractivity contribution in [3.05, 3.63) is 92.5 Å². The van der Waals surface area contributed by atoms with Crippen LogP contribution in [0.1, 0.15) is 65.6 Å². The number of aliphatic carboxylic acids is 1. The van der Waals surface area contributed by atoms with E-state index in [9.17, 15) is 24.6 Å². The van der Waals surface area contributed by atoms with Crippen LogP contribution in [0.5, 0.6) is 11.5 Å². The molecule has 2 aliphatic heterocycles. The summed E-state index contributed by atoms with van der Waals surface area (Å²) in [6, 6.07) is 11.5. The lowest BCUT2D eigenvalue weighted by Gasteiger charge is -2.27. The van der Waals surface area contributed by atoms with Crippen LogP contribution >= 0.6 is 0 Å². The molecular formula is C26H22O6. The van der Waals surface area contributed by atoms with Crippen molar-refractivity contribution in [3.8, 4) is 11.5 Å². The lowest BCUT2D eigenvalue weighted by Crippen LogP contribution is -2.21. The third-order valence-corrected chi connectivity index (χ3v) is 6.32. The molecule has 6 nitrogen and oxygen atoms in total. The maximum Gasteiger partial charge on any atom is 0.336 e. The lowest BCUT2D eigenvalue weighted by atomic mass is 9.81. The Balaban J connectivity index is 2.04. The van der Waals surface area contributed by atoms with Crippen LogP contribution in [0.25, 0.3) is 0 Å². The first-order valence-corrected chi connectivity index (χ1v) is 10.1. The number of carbonyl (C=O) groups is 3. The van der Waals surface area contributed by atoms with Crippen molar-refractivity contribution in [2.24, 2.45) is 0 Å². The quantitative estimate of drug-likeness (QED) is 0.554. The highest BCUT2D eigenvalue weighted by Crippen LogP contribution is 2.45. The molecule has 0 amide bonds. The van der Waals surface area contributed by atoms with Gasteiger partial charge in [0.25, 0.3) is 0 Å². The van der Waals surface area contributed by atoms with Gasteiger partial charge < -0.3 is 14.9 Å². The molecule has 0 aliphatic carbocycles. The molecule has 1 atom stereocenters. The third kappa shape index (κ3) is 3.15. The van der Waals surface area contributed by atoms with Crippen molar-refractivity contribution >= 4 is 17.7 Å². The van der Waals surface area contributed by atoms with Crippen LogP contribution < -0.4 is 4.74 Å². The van der Waals surface area contributed by atoms with E-state index in [0.29, 0.717) is 33.8 Å². The van der Waals surface area contributed by atoms with E-state index in [1.807, 2.05) is 0 Å². The first-order valence-electron chi connectivity index (χ1n) is 10.1. The van der Waals surface area contributed by atoms with Gasteiger partial charge in [-0.25, -0.2) is 4.79 Å². The van der Waals surface area contributed by atoms with Crippen LogP contribution in [0.3, 0.4) is 0 Å². The molecule has 3 aromatic rings. The highest BCUT2D eigenvalue weighted by atomic mass is 16.5. The van der Waals surface area contributed by atoms with Gasteiger partial charge in [-0.15, -0.1) is 0 Å². The lowest BCUT2D eigenvalue weighted by molar-refractivity contribution is -0.137. The van der Waals surface area contributed by atoms with E-state index >= 15 is 0 Å². The van der Waals surface area contributed by atoms with Crippen molar-refractivity contribution in [2.75, 3.05) is 0 Å². The SMILES string of the molecule is Cc1ccc(C(=O)O)c(C(=O)c2cc3c(C)c(C)c2Oc2ccccc2C3C(=O)O)c1C. The average molecular weight is 430 g/mol. The number of aryl methyl sites for hydroxylation is 1. The number of hydrogen-bond donors (Lipinski definition) is 2. The zero-order valence-electron chi connectivity index (χ0n) is 18.1. The summed E-state index contributed by atoms with van der Waals surface area (Å²) in [6.45, 7) is 7.09. The minimum atomic E-state index is -1.20. The third-order valence-electron chi connectivity index (χ3n) is 6.32. The summed E-state index contributed by atoms with van der Waals surface area (Å²) in [5, 5.41) is 19.8. The van der Waals surface area contributed by atoms with E-state index in [1.165, 1.54) is 6.07 Å². The van der Waals surface area contributed by atoms with Crippen molar-refractivity contribution < 1.29 is 29.3 Å². The molecular weight excluding hydrogens is 408 g/mol. The van der Waals surface area contributed by atoms with Gasteiger partial charge in [-0.3, -0.25) is 9.59 Å². The topological polar surface area (TPSA) is 101 Å². The Labute approximate surface area is 185 Å². The van der Waals surface area contributed by atoms with Gasteiger partial charge in [0, 0.05) is 11.1 Å². The molecule has 0 spiro atoms. The fraction of sp³-hybridized carbons (Fsp3) is 0.192. The Hall–Kier alpha value is -3.93. The predicted octanol–water partition coefficient (Wildman–Crippen LogP) is 5.17. The number of fused-ring (bicyclic) bond motifs is 2. The van der Waals surface area contributed by atoms with Crippen LogP contribution in [0.15, 0.2) is 42.5 Å². The number of aromatic carboxylic acids is 1.